The highest BCUT2D eigenvalue weighted by Gasteiger charge is 2.38. The lowest BCUT2D eigenvalue weighted by Crippen LogP contribution is -2.42. The van der Waals surface area contributed by atoms with Gasteiger partial charge in [-0.25, -0.2) is 18.3 Å². The number of rotatable bonds is 5. The average Bonchev–Trinajstić information content (AvgIpc) is 3.27. The number of aromatic nitrogens is 2. The first-order valence-electron chi connectivity index (χ1n) is 13.3. The summed E-state index contributed by atoms with van der Waals surface area (Å²) in [5.74, 6) is -2.70. The van der Waals surface area contributed by atoms with Gasteiger partial charge in [0.2, 0.25) is 0 Å². The molecule has 5 rings (SSSR count). The molecule has 3 heterocycles. The number of benzene rings is 2. The Bertz CT molecular complexity index is 1440. The summed E-state index contributed by atoms with van der Waals surface area (Å²) in [5, 5.41) is 14.4. The highest BCUT2D eigenvalue weighted by Crippen LogP contribution is 2.44. The Morgan fingerprint density at radius 3 is 2.38 bits per heavy atom. The Morgan fingerprint density at radius 1 is 1.08 bits per heavy atom. The fourth-order valence-electron chi connectivity index (χ4n) is 6.06. The van der Waals surface area contributed by atoms with Crippen LogP contribution in [0.3, 0.4) is 0 Å². The largest absolute Gasteiger partial charge is 0.478 e. The van der Waals surface area contributed by atoms with E-state index in [0.717, 1.165) is 41.8 Å². The Labute approximate surface area is 226 Å². The molecular formula is C31H34F2N2O4. The molecule has 1 aromatic heterocycles. The van der Waals surface area contributed by atoms with Gasteiger partial charge in [-0.2, -0.15) is 5.10 Å². The van der Waals surface area contributed by atoms with Crippen LogP contribution in [0.15, 0.2) is 48.2 Å². The maximum absolute atomic E-state index is 15.8. The van der Waals surface area contributed by atoms with E-state index in [1.54, 1.807) is 6.20 Å². The van der Waals surface area contributed by atoms with Gasteiger partial charge in [0.05, 0.1) is 28.5 Å². The zero-order valence-electron chi connectivity index (χ0n) is 22.8. The molecule has 39 heavy (non-hydrogen) atoms. The van der Waals surface area contributed by atoms with Crippen molar-refractivity contribution in [2.24, 2.45) is 0 Å². The number of carboxylic acid groups (broad SMARTS) is 1. The molecule has 2 fully saturated rings. The Morgan fingerprint density at radius 2 is 1.77 bits per heavy atom. The normalized spacial score (nSPS) is 21.0. The fraction of sp³-hybridized carbons (Fsp3) is 0.419. The molecule has 1 unspecified atom stereocenters. The van der Waals surface area contributed by atoms with Gasteiger partial charge in [0, 0.05) is 18.1 Å². The molecule has 0 spiro atoms. The molecule has 206 valence electrons. The maximum Gasteiger partial charge on any atom is 0.328 e. The zero-order valence-corrected chi connectivity index (χ0v) is 22.8. The molecule has 1 atom stereocenters. The molecule has 2 aromatic carbocycles. The van der Waals surface area contributed by atoms with Crippen LogP contribution in [-0.4, -0.2) is 38.7 Å². The minimum absolute atomic E-state index is 0.127. The third kappa shape index (κ3) is 5.82. The lowest BCUT2D eigenvalue weighted by atomic mass is 9.79. The van der Waals surface area contributed by atoms with E-state index in [0.29, 0.717) is 30.6 Å². The number of aliphatic carboxylic acids is 1. The second kappa shape index (κ2) is 10.3. The van der Waals surface area contributed by atoms with E-state index in [1.165, 1.54) is 18.2 Å². The molecule has 2 aliphatic rings. The quantitative estimate of drug-likeness (QED) is 0.347. The summed E-state index contributed by atoms with van der Waals surface area (Å²) in [6, 6.07) is 8.09. The first kappa shape index (κ1) is 27.2. The predicted octanol–water partition coefficient (Wildman–Crippen LogP) is 7.28. The van der Waals surface area contributed by atoms with Crippen molar-refractivity contribution in [3.8, 4) is 0 Å². The van der Waals surface area contributed by atoms with E-state index < -0.39 is 28.8 Å². The first-order chi connectivity index (χ1) is 18.4. The van der Waals surface area contributed by atoms with Crippen LogP contribution in [0.5, 0.6) is 0 Å². The number of hydrogen-bond donors (Lipinski definition) is 1. The Balaban J connectivity index is 1.68. The van der Waals surface area contributed by atoms with Crippen LogP contribution >= 0.6 is 0 Å². The van der Waals surface area contributed by atoms with E-state index in [2.05, 4.69) is 5.10 Å². The molecule has 0 amide bonds. The standard InChI is InChI=1S/C31H34F2N2O4/c1-30(2)16-22(17-31(3,4)39-30)28(29-23(32)13-19(14-24(29)33)8-11-27(36)37)20-9-10-25-21(15-20)18-34-35(25)26-7-5-6-12-38-26/h8-11,13-15,18,26H,5-7,12,16-17H2,1-4H3,(H,36,37). The number of fused-ring (bicyclic) bond motifs is 1. The van der Waals surface area contributed by atoms with E-state index >= 15 is 8.78 Å². The molecule has 2 aliphatic heterocycles. The summed E-state index contributed by atoms with van der Waals surface area (Å²) in [6.07, 6.45) is 7.67. The summed E-state index contributed by atoms with van der Waals surface area (Å²) in [5.41, 5.74) is 1.90. The average molecular weight is 537 g/mol. The van der Waals surface area contributed by atoms with Crippen LogP contribution in [0.25, 0.3) is 22.6 Å². The van der Waals surface area contributed by atoms with Gasteiger partial charge in [-0.05, 0) is 107 Å². The number of hydrogen-bond acceptors (Lipinski definition) is 4. The second-order valence-electron chi connectivity index (χ2n) is 11.7. The highest BCUT2D eigenvalue weighted by atomic mass is 19.1. The number of ether oxygens (including phenoxy) is 2. The van der Waals surface area contributed by atoms with Crippen molar-refractivity contribution in [2.75, 3.05) is 6.61 Å². The van der Waals surface area contributed by atoms with E-state index in [1.807, 2.05) is 50.6 Å². The number of halogens is 2. The highest BCUT2D eigenvalue weighted by molar-refractivity contribution is 5.90. The van der Waals surface area contributed by atoms with Crippen molar-refractivity contribution in [1.29, 1.82) is 0 Å². The van der Waals surface area contributed by atoms with Gasteiger partial charge >= 0.3 is 5.97 Å². The smallest absolute Gasteiger partial charge is 0.328 e. The molecular weight excluding hydrogens is 502 g/mol. The van der Waals surface area contributed by atoms with Crippen molar-refractivity contribution in [1.82, 2.24) is 9.78 Å². The van der Waals surface area contributed by atoms with Crippen molar-refractivity contribution < 1.29 is 28.2 Å². The molecule has 6 nitrogen and oxygen atoms in total. The van der Waals surface area contributed by atoms with Crippen molar-refractivity contribution in [3.05, 3.63) is 76.5 Å². The van der Waals surface area contributed by atoms with Crippen molar-refractivity contribution >= 4 is 28.5 Å². The lowest BCUT2D eigenvalue weighted by molar-refractivity contribution is -0.138. The first-order valence-corrected chi connectivity index (χ1v) is 13.3. The number of nitrogens with zero attached hydrogens (tertiary/aromatic N) is 2. The second-order valence-corrected chi connectivity index (χ2v) is 11.7. The molecule has 0 aliphatic carbocycles. The van der Waals surface area contributed by atoms with E-state index in [9.17, 15) is 4.79 Å². The van der Waals surface area contributed by atoms with Crippen molar-refractivity contribution in [3.63, 3.8) is 0 Å². The summed E-state index contributed by atoms with van der Waals surface area (Å²) in [7, 11) is 0. The van der Waals surface area contributed by atoms with E-state index in [4.69, 9.17) is 14.6 Å². The molecule has 3 aromatic rings. The van der Waals surface area contributed by atoms with Gasteiger partial charge < -0.3 is 14.6 Å². The van der Waals surface area contributed by atoms with Gasteiger partial charge in [0.1, 0.15) is 11.6 Å². The summed E-state index contributed by atoms with van der Waals surface area (Å²) >= 11 is 0. The predicted molar refractivity (Wildman–Crippen MR) is 146 cm³/mol. The summed E-state index contributed by atoms with van der Waals surface area (Å²) < 4.78 is 45.6. The molecule has 0 bridgehead atoms. The minimum Gasteiger partial charge on any atom is -0.478 e. The Hall–Kier alpha value is -3.36. The molecule has 0 radical (unpaired) electrons. The zero-order chi connectivity index (χ0) is 27.9. The molecule has 2 saturated heterocycles. The van der Waals surface area contributed by atoms with Gasteiger partial charge in [0.15, 0.2) is 6.23 Å². The van der Waals surface area contributed by atoms with Crippen LogP contribution in [0.1, 0.15) is 82.7 Å². The van der Waals surface area contributed by atoms with Gasteiger partial charge in [-0.15, -0.1) is 0 Å². The SMILES string of the molecule is CC1(C)CC(=C(c2ccc3c(cnn3C3CCCCO3)c2)c2c(F)cc(C=CC(=O)O)cc2F)CC(C)(C)O1. The van der Waals surface area contributed by atoms with Crippen LogP contribution in [0, 0.1) is 11.6 Å². The third-order valence-electron chi connectivity index (χ3n) is 7.23. The van der Waals surface area contributed by atoms with Crippen molar-refractivity contribution in [2.45, 2.75) is 77.2 Å². The van der Waals surface area contributed by atoms with Crippen LogP contribution in [-0.2, 0) is 14.3 Å². The van der Waals surface area contributed by atoms with Crippen LogP contribution in [0.2, 0.25) is 0 Å². The Kier molecular flexibility index (Phi) is 7.20. The van der Waals surface area contributed by atoms with Crippen LogP contribution in [0.4, 0.5) is 8.78 Å². The third-order valence-corrected chi connectivity index (χ3v) is 7.23. The molecule has 0 saturated carbocycles. The van der Waals surface area contributed by atoms with Gasteiger partial charge in [-0.1, -0.05) is 11.6 Å². The van der Waals surface area contributed by atoms with Gasteiger partial charge in [0.25, 0.3) is 0 Å². The number of carboxylic acids is 1. The van der Waals surface area contributed by atoms with Crippen LogP contribution < -0.4 is 0 Å². The molecule has 8 heteroatoms. The summed E-state index contributed by atoms with van der Waals surface area (Å²) in [4.78, 5) is 10.9. The monoisotopic (exact) mass is 536 g/mol. The minimum atomic E-state index is -1.19. The number of carbonyl (C=O) groups is 1. The van der Waals surface area contributed by atoms with E-state index in [-0.39, 0.29) is 17.4 Å². The topological polar surface area (TPSA) is 73.6 Å². The molecule has 1 N–H and O–H groups in total. The maximum atomic E-state index is 15.8. The fourth-order valence-corrected chi connectivity index (χ4v) is 6.06. The van der Waals surface area contributed by atoms with Gasteiger partial charge in [-0.3, -0.25) is 0 Å². The summed E-state index contributed by atoms with van der Waals surface area (Å²) in [6.45, 7) is 8.62. The lowest BCUT2D eigenvalue weighted by Gasteiger charge is -2.43.